The van der Waals surface area contributed by atoms with Crippen molar-refractivity contribution in [2.75, 3.05) is 0 Å². The van der Waals surface area contributed by atoms with Gasteiger partial charge in [0.05, 0.1) is 0 Å². The molecule has 3 nitrogen and oxygen atoms in total. The van der Waals surface area contributed by atoms with E-state index in [9.17, 15) is 0 Å². The van der Waals surface area contributed by atoms with Crippen LogP contribution in [0.25, 0.3) is 0 Å². The molecular weight excluding hydrogens is 84.0 g/mol. The maximum Gasteiger partial charge on any atom is 0.343 e. The lowest BCUT2D eigenvalue weighted by Gasteiger charge is -1.85. The molecule has 3 heteroatoms. The second-order valence-electron chi connectivity index (χ2n) is 1.73. The standard InChI is InChI=1S/C3H4O3/c1-2-3(4,5-2)6-2/h4H,1H3. The van der Waals surface area contributed by atoms with Crippen molar-refractivity contribution in [3.05, 3.63) is 0 Å². The maximum absolute atomic E-state index is 8.52. The molecule has 2 heterocycles. The molecule has 0 bridgehead atoms. The van der Waals surface area contributed by atoms with Gasteiger partial charge in [0.2, 0.25) is 0 Å². The molecular formula is C3H4O3. The van der Waals surface area contributed by atoms with Gasteiger partial charge in [-0.15, -0.1) is 0 Å². The Morgan fingerprint density at radius 3 is 1.67 bits per heavy atom. The van der Waals surface area contributed by atoms with Crippen LogP contribution in [0.15, 0.2) is 0 Å². The Kier molecular flexibility index (Phi) is 0.188. The lowest BCUT2D eigenvalue weighted by Crippen LogP contribution is -1.93. The van der Waals surface area contributed by atoms with Gasteiger partial charge in [0.25, 0.3) is 5.79 Å². The van der Waals surface area contributed by atoms with Gasteiger partial charge in [-0.3, -0.25) is 9.47 Å². The Labute approximate surface area is 34.5 Å². The summed E-state index contributed by atoms with van der Waals surface area (Å²) in [5.74, 6) is -1.74. The first-order valence-electron chi connectivity index (χ1n) is 1.79. The number of hydrogen-bond acceptors (Lipinski definition) is 3. The molecule has 34 valence electrons. The Balaban J connectivity index is 2.34. The highest BCUT2D eigenvalue weighted by atomic mass is 17.1. The van der Waals surface area contributed by atoms with E-state index in [0.717, 1.165) is 0 Å². The summed E-state index contributed by atoms with van der Waals surface area (Å²) >= 11 is 0. The van der Waals surface area contributed by atoms with E-state index in [1.54, 1.807) is 6.92 Å². The van der Waals surface area contributed by atoms with Gasteiger partial charge in [0.1, 0.15) is 0 Å². The Morgan fingerprint density at radius 2 is 1.67 bits per heavy atom. The van der Waals surface area contributed by atoms with E-state index >= 15 is 0 Å². The largest absolute Gasteiger partial charge is 0.343 e. The Morgan fingerprint density at radius 1 is 1.50 bits per heavy atom. The van der Waals surface area contributed by atoms with Crippen molar-refractivity contribution >= 4 is 0 Å². The van der Waals surface area contributed by atoms with Crippen LogP contribution in [-0.4, -0.2) is 16.9 Å². The molecule has 0 atom stereocenters. The minimum Gasteiger partial charge on any atom is -0.339 e. The molecule has 0 amide bonds. The highest BCUT2D eigenvalue weighted by molar-refractivity contribution is 5.06. The van der Waals surface area contributed by atoms with E-state index in [1.165, 1.54) is 0 Å². The fourth-order valence-corrected chi connectivity index (χ4v) is 0.485. The van der Waals surface area contributed by atoms with Crippen molar-refractivity contribution in [3.8, 4) is 0 Å². The van der Waals surface area contributed by atoms with Crippen LogP contribution in [0.2, 0.25) is 0 Å². The third-order valence-corrected chi connectivity index (χ3v) is 1.16. The fourth-order valence-electron chi connectivity index (χ4n) is 0.485. The molecule has 2 aliphatic heterocycles. The molecule has 0 aromatic heterocycles. The van der Waals surface area contributed by atoms with E-state index < -0.39 is 11.8 Å². The molecule has 0 unspecified atom stereocenters. The van der Waals surface area contributed by atoms with E-state index in [0.29, 0.717) is 0 Å². The summed E-state index contributed by atoms with van der Waals surface area (Å²) < 4.78 is 9.03. The van der Waals surface area contributed by atoms with Crippen LogP contribution in [0.5, 0.6) is 0 Å². The van der Waals surface area contributed by atoms with E-state index in [4.69, 9.17) is 5.11 Å². The van der Waals surface area contributed by atoms with E-state index in [1.807, 2.05) is 0 Å². The van der Waals surface area contributed by atoms with Gasteiger partial charge >= 0.3 is 5.97 Å². The highest BCUT2D eigenvalue weighted by Crippen LogP contribution is 2.64. The second kappa shape index (κ2) is 0.381. The molecule has 6 heavy (non-hydrogen) atoms. The molecule has 0 aromatic carbocycles. The molecule has 1 N–H and O–H groups in total. The molecule has 0 radical (unpaired) electrons. The van der Waals surface area contributed by atoms with Crippen molar-refractivity contribution < 1.29 is 14.6 Å². The van der Waals surface area contributed by atoms with Crippen molar-refractivity contribution in [1.82, 2.24) is 0 Å². The van der Waals surface area contributed by atoms with Gasteiger partial charge in [-0.1, -0.05) is 0 Å². The topological polar surface area (TPSA) is 45.3 Å². The molecule has 0 aromatic rings. The number of ether oxygens (including phenoxy) is 2. The zero-order chi connectivity index (χ0) is 4.41. The molecule has 2 aliphatic rings. The maximum atomic E-state index is 8.52. The third-order valence-electron chi connectivity index (χ3n) is 1.16. The quantitative estimate of drug-likeness (QED) is 0.402. The number of aliphatic hydroxyl groups is 1. The molecule has 0 saturated carbocycles. The summed E-state index contributed by atoms with van der Waals surface area (Å²) in [4.78, 5) is 0. The minimum atomic E-state index is -1.15. The van der Waals surface area contributed by atoms with Gasteiger partial charge < -0.3 is 5.11 Å². The van der Waals surface area contributed by atoms with Crippen LogP contribution in [0.4, 0.5) is 0 Å². The number of hydrogen-bond donors (Lipinski definition) is 1. The lowest BCUT2D eigenvalue weighted by atomic mass is 10.5. The average molecular weight is 88.1 g/mol. The lowest BCUT2D eigenvalue weighted by molar-refractivity contribution is -0.182. The van der Waals surface area contributed by atoms with Gasteiger partial charge in [0, 0.05) is 0 Å². The summed E-state index contributed by atoms with van der Waals surface area (Å²) in [5, 5.41) is 8.52. The van der Waals surface area contributed by atoms with E-state index in [-0.39, 0.29) is 0 Å². The highest BCUT2D eigenvalue weighted by Gasteiger charge is 2.89. The van der Waals surface area contributed by atoms with Gasteiger partial charge in [0.15, 0.2) is 0 Å². The van der Waals surface area contributed by atoms with E-state index in [2.05, 4.69) is 9.47 Å². The van der Waals surface area contributed by atoms with Gasteiger partial charge in [-0.05, 0) is 6.92 Å². The van der Waals surface area contributed by atoms with Gasteiger partial charge in [-0.2, -0.15) is 0 Å². The summed E-state index contributed by atoms with van der Waals surface area (Å²) in [5.41, 5.74) is 0. The van der Waals surface area contributed by atoms with Crippen LogP contribution in [0.1, 0.15) is 6.92 Å². The third kappa shape index (κ3) is 0.113. The first-order valence-corrected chi connectivity index (χ1v) is 1.79. The molecule has 0 aliphatic carbocycles. The average Bonchev–Trinajstić information content (AvgIpc) is 1.78. The zero-order valence-corrected chi connectivity index (χ0v) is 3.26. The summed E-state index contributed by atoms with van der Waals surface area (Å²) in [6.07, 6.45) is 0. The Bertz CT molecular complexity index is 90.6. The van der Waals surface area contributed by atoms with Crippen LogP contribution in [-0.2, 0) is 9.47 Å². The summed E-state index contributed by atoms with van der Waals surface area (Å²) in [6, 6.07) is 0. The van der Waals surface area contributed by atoms with Crippen molar-refractivity contribution in [1.29, 1.82) is 0 Å². The Hall–Kier alpha value is -0.120. The smallest absolute Gasteiger partial charge is 0.339 e. The number of rotatable bonds is 0. The predicted molar refractivity (Wildman–Crippen MR) is 15.5 cm³/mol. The van der Waals surface area contributed by atoms with Gasteiger partial charge in [-0.25, -0.2) is 0 Å². The van der Waals surface area contributed by atoms with Crippen LogP contribution < -0.4 is 0 Å². The first-order chi connectivity index (χ1) is 2.66. The predicted octanol–water partition coefficient (Wildman–Crippen LogP) is -0.591. The van der Waals surface area contributed by atoms with Crippen molar-refractivity contribution in [2.45, 2.75) is 18.7 Å². The first kappa shape index (κ1) is 2.96. The summed E-state index contributed by atoms with van der Waals surface area (Å²) in [7, 11) is 0. The monoisotopic (exact) mass is 88.0 g/mol. The van der Waals surface area contributed by atoms with Crippen molar-refractivity contribution in [2.24, 2.45) is 0 Å². The normalized spacial score (nSPS) is 73.0. The molecule has 2 saturated heterocycles. The minimum absolute atomic E-state index is 0.590. The van der Waals surface area contributed by atoms with Crippen molar-refractivity contribution in [3.63, 3.8) is 0 Å². The van der Waals surface area contributed by atoms with Crippen LogP contribution >= 0.6 is 0 Å². The number of epoxide rings is 2. The second-order valence-corrected chi connectivity index (χ2v) is 1.73. The summed E-state index contributed by atoms with van der Waals surface area (Å²) in [6.45, 7) is 1.69. The zero-order valence-electron chi connectivity index (χ0n) is 3.26. The molecule has 2 rings (SSSR count). The number of fused-ring (bicyclic) bond motifs is 1. The molecule has 2 fully saturated rings. The SMILES string of the molecule is CC12OC1(O)O2. The van der Waals surface area contributed by atoms with Crippen LogP contribution in [0, 0.1) is 0 Å². The van der Waals surface area contributed by atoms with Crippen LogP contribution in [0.3, 0.4) is 0 Å². The fraction of sp³-hybridized carbons (Fsp3) is 1.00. The molecule has 0 spiro atoms.